The molecule has 2 heterocycles. The Hall–Kier alpha value is -5.19. The predicted octanol–water partition coefficient (Wildman–Crippen LogP) is 13.8. The van der Waals surface area contributed by atoms with E-state index in [1.165, 1.54) is 146 Å². The highest BCUT2D eigenvalue weighted by atomic mass is 16.2. The van der Waals surface area contributed by atoms with Gasteiger partial charge in [-0.15, -0.1) is 0 Å². The lowest BCUT2D eigenvalue weighted by molar-refractivity contribution is -0.132. The average Bonchev–Trinajstić information content (AvgIpc) is 3.69. The van der Waals surface area contributed by atoms with Gasteiger partial charge in [0, 0.05) is 25.6 Å². The predicted molar refractivity (Wildman–Crippen MR) is 311 cm³/mol. The van der Waals surface area contributed by atoms with Crippen molar-refractivity contribution in [3.8, 4) is 0 Å². The molecule has 4 fully saturated rings. The first-order valence-corrected chi connectivity index (χ1v) is 30.6. The number of hydrogen-bond acceptors (Lipinski definition) is 7. The monoisotopic (exact) mass is 1040 g/mol. The van der Waals surface area contributed by atoms with Gasteiger partial charge in [-0.1, -0.05) is 227 Å². The zero-order chi connectivity index (χ0) is 53.0. The summed E-state index contributed by atoms with van der Waals surface area (Å²) in [7, 11) is 0. The van der Waals surface area contributed by atoms with Crippen LogP contribution in [-0.2, 0) is 22.7 Å². The first-order valence-electron chi connectivity index (χ1n) is 30.6. The molecule has 3 aromatic carbocycles. The number of aliphatic imine (C=N–C) groups is 2. The van der Waals surface area contributed by atoms with Crippen LogP contribution in [0.4, 0.5) is 4.79 Å². The Morgan fingerprint density at radius 3 is 1.64 bits per heavy atom. The van der Waals surface area contributed by atoms with Crippen molar-refractivity contribution < 1.29 is 14.4 Å². The van der Waals surface area contributed by atoms with Gasteiger partial charge in [-0.05, 0) is 97.3 Å². The van der Waals surface area contributed by atoms with E-state index in [1.807, 2.05) is 29.2 Å². The largest absolute Gasteiger partial charge is 0.369 e. The minimum Gasteiger partial charge on any atom is -0.369 e. The molecule has 414 valence electrons. The molecular formula is C65H96N8O3. The summed E-state index contributed by atoms with van der Waals surface area (Å²) in [4.78, 5) is 53.4. The number of carbonyl (C=O) groups excluding carboxylic acids is 3. The van der Waals surface area contributed by atoms with Gasteiger partial charge in [0.25, 0.3) is 5.91 Å². The van der Waals surface area contributed by atoms with Crippen LogP contribution in [0.1, 0.15) is 228 Å². The fraction of sp³-hybridized carbons (Fsp3) is 0.646. The number of rotatable bonds is 22. The number of urea groups is 1. The quantitative estimate of drug-likeness (QED) is 0.0737. The lowest BCUT2D eigenvalue weighted by atomic mass is 9.73. The zero-order valence-electron chi connectivity index (χ0n) is 46.7. The normalized spacial score (nSPS) is 23.2. The average molecular weight is 1040 g/mol. The number of nitrogens with two attached hydrogens (primary N) is 2. The van der Waals surface area contributed by atoms with Gasteiger partial charge < -0.3 is 22.1 Å². The number of benzene rings is 3. The first-order chi connectivity index (χ1) is 37.1. The molecule has 9 rings (SSSR count). The molecule has 3 aromatic rings. The van der Waals surface area contributed by atoms with Crippen LogP contribution in [0.2, 0.25) is 0 Å². The molecular weight excluding hydrogens is 941 g/mol. The minimum atomic E-state index is -0.640. The summed E-state index contributed by atoms with van der Waals surface area (Å²) in [5.41, 5.74) is 16.8. The fourth-order valence-electron chi connectivity index (χ4n) is 14.1. The van der Waals surface area contributed by atoms with Gasteiger partial charge in [0.1, 0.15) is 5.54 Å². The summed E-state index contributed by atoms with van der Waals surface area (Å²) < 4.78 is 0. The van der Waals surface area contributed by atoms with E-state index in [0.29, 0.717) is 56.4 Å². The Bertz CT molecular complexity index is 2260. The first kappa shape index (κ1) is 57.0. The van der Waals surface area contributed by atoms with E-state index in [0.717, 1.165) is 74.3 Å². The molecule has 6 N–H and O–H groups in total. The highest BCUT2D eigenvalue weighted by molar-refractivity contribution is 6.06. The van der Waals surface area contributed by atoms with Crippen molar-refractivity contribution in [2.24, 2.45) is 45.1 Å². The Morgan fingerprint density at radius 2 is 1.11 bits per heavy atom. The maximum Gasteiger partial charge on any atom is 0.315 e. The second-order valence-electron chi connectivity index (χ2n) is 24.3. The van der Waals surface area contributed by atoms with Gasteiger partial charge in [-0.3, -0.25) is 19.4 Å². The third-order valence-electron chi connectivity index (χ3n) is 18.5. The summed E-state index contributed by atoms with van der Waals surface area (Å²) >= 11 is 0. The van der Waals surface area contributed by atoms with Crippen molar-refractivity contribution in [1.82, 2.24) is 20.4 Å². The SMILES string of the molecule is CCCCNC(=O)NCc1ccc(CN2C(=O)CC(CCC3CCCCC3)(CC3CCCCC3)N=C2N)cc1.NC1=N[C@](CCC2CCCCC2)(CC2CCCCC2)C(=O)N1CCC(c1ccccc1)c1ccccc1. The van der Waals surface area contributed by atoms with E-state index in [2.05, 4.69) is 78.2 Å². The molecule has 4 aliphatic carbocycles. The number of nitrogens with zero attached hydrogens (tertiary/aromatic N) is 4. The molecule has 11 heteroatoms. The number of nitrogens with one attached hydrogen (secondary N) is 2. The van der Waals surface area contributed by atoms with Crippen molar-refractivity contribution in [2.45, 2.75) is 230 Å². The van der Waals surface area contributed by atoms with E-state index < -0.39 is 5.54 Å². The number of hydrogen-bond donors (Lipinski definition) is 4. The Balaban J connectivity index is 0.000000202. The molecule has 2 aliphatic heterocycles. The Kier molecular flexibility index (Phi) is 21.7. The molecule has 1 unspecified atom stereocenters. The second kappa shape index (κ2) is 29.0. The number of unbranched alkanes of at least 4 members (excludes halogenated alkanes) is 1. The van der Waals surface area contributed by atoms with Crippen LogP contribution in [0.3, 0.4) is 0 Å². The fourth-order valence-corrected chi connectivity index (χ4v) is 14.1. The standard InChI is InChI=1S/C33H45N3O.C32H51N5O2/c34-32-35-33(25-27-15-7-2-8-16-27,23-21-26-13-5-1-6-14-26)31(37)36(32)24-22-30(28-17-9-3-10-18-28)29-19-11-4-12-20-29;1-2-3-20-34-31(39)35-23-27-14-16-28(17-15-27)24-37-29(38)22-32(36-30(37)33,21-26-12-8-5-9-13-26)19-18-25-10-6-4-7-11-25/h3-4,9-12,17-20,26-27,30H,1-2,5-8,13-16,21-25H2,(H2,34,35);14-17,25-26H,2-13,18-24H2,1H3,(H2,33,36)(H2,34,35,39)/t33-;/m1./s1. The lowest BCUT2D eigenvalue weighted by Gasteiger charge is -2.41. The maximum absolute atomic E-state index is 14.2. The van der Waals surface area contributed by atoms with Crippen LogP contribution < -0.4 is 22.1 Å². The molecule has 11 nitrogen and oxygen atoms in total. The minimum absolute atomic E-state index is 0.108. The van der Waals surface area contributed by atoms with Crippen LogP contribution in [0.5, 0.6) is 0 Å². The molecule has 0 radical (unpaired) electrons. The molecule has 0 spiro atoms. The van der Waals surface area contributed by atoms with Crippen molar-refractivity contribution in [3.05, 3.63) is 107 Å². The summed E-state index contributed by atoms with van der Waals surface area (Å²) in [6.45, 7) is 4.30. The van der Waals surface area contributed by atoms with E-state index in [1.54, 1.807) is 4.90 Å². The number of amides is 4. The summed E-state index contributed by atoms with van der Waals surface area (Å²) in [6, 6.07) is 29.2. The van der Waals surface area contributed by atoms with Gasteiger partial charge in [-0.25, -0.2) is 14.8 Å². The van der Waals surface area contributed by atoms with E-state index in [4.69, 9.17) is 21.5 Å². The molecule has 4 saturated carbocycles. The van der Waals surface area contributed by atoms with Crippen LogP contribution >= 0.6 is 0 Å². The molecule has 0 aromatic heterocycles. The van der Waals surface area contributed by atoms with E-state index >= 15 is 0 Å². The van der Waals surface area contributed by atoms with Crippen LogP contribution in [0.15, 0.2) is 94.9 Å². The third kappa shape index (κ3) is 16.4. The van der Waals surface area contributed by atoms with Gasteiger partial charge >= 0.3 is 6.03 Å². The van der Waals surface area contributed by atoms with Crippen molar-refractivity contribution in [2.75, 3.05) is 13.1 Å². The van der Waals surface area contributed by atoms with Crippen molar-refractivity contribution >= 4 is 29.8 Å². The van der Waals surface area contributed by atoms with Crippen LogP contribution in [0.25, 0.3) is 0 Å². The van der Waals surface area contributed by atoms with E-state index in [-0.39, 0.29) is 29.3 Å². The van der Waals surface area contributed by atoms with Crippen molar-refractivity contribution in [1.29, 1.82) is 0 Å². The second-order valence-corrected chi connectivity index (χ2v) is 24.3. The van der Waals surface area contributed by atoms with Crippen molar-refractivity contribution in [3.63, 3.8) is 0 Å². The van der Waals surface area contributed by atoms with Gasteiger partial charge in [0.2, 0.25) is 5.91 Å². The lowest BCUT2D eigenvalue weighted by Crippen LogP contribution is -2.51. The van der Waals surface area contributed by atoms with E-state index in [9.17, 15) is 14.4 Å². The number of guanidine groups is 2. The Morgan fingerprint density at radius 1 is 0.605 bits per heavy atom. The van der Waals surface area contributed by atoms with Crippen LogP contribution in [-0.4, -0.2) is 63.7 Å². The third-order valence-corrected chi connectivity index (χ3v) is 18.5. The molecule has 76 heavy (non-hydrogen) atoms. The van der Waals surface area contributed by atoms with Gasteiger partial charge in [0.15, 0.2) is 11.9 Å². The summed E-state index contributed by atoms with van der Waals surface area (Å²) in [5.74, 6) is 4.13. The van der Waals surface area contributed by atoms with Crippen LogP contribution in [0, 0.1) is 23.7 Å². The topological polar surface area (TPSA) is 159 Å². The van der Waals surface area contributed by atoms with Gasteiger partial charge in [-0.2, -0.15) is 0 Å². The molecule has 2 atom stereocenters. The molecule has 0 bridgehead atoms. The molecule has 4 amide bonds. The zero-order valence-corrected chi connectivity index (χ0v) is 46.7. The maximum atomic E-state index is 14.2. The summed E-state index contributed by atoms with van der Waals surface area (Å²) in [5, 5.41) is 5.76. The number of carbonyl (C=O) groups is 3. The highest BCUT2D eigenvalue weighted by Crippen LogP contribution is 2.43. The summed E-state index contributed by atoms with van der Waals surface area (Å²) in [6.07, 6.45) is 35.6. The Labute approximate surface area is 457 Å². The molecule has 6 aliphatic rings. The smallest absolute Gasteiger partial charge is 0.315 e. The van der Waals surface area contributed by atoms with Gasteiger partial charge in [0.05, 0.1) is 18.5 Å². The highest BCUT2D eigenvalue weighted by Gasteiger charge is 2.49. The molecule has 0 saturated heterocycles.